The van der Waals surface area contributed by atoms with E-state index in [1.54, 1.807) is 12.1 Å². The quantitative estimate of drug-likeness (QED) is 0.744. The number of phenols is 1. The number of amides is 1. The van der Waals surface area contributed by atoms with Crippen LogP contribution in [0.15, 0.2) is 54.6 Å². The number of hydrogen-bond acceptors (Lipinski definition) is 4. The Morgan fingerprint density at radius 1 is 1.08 bits per heavy atom. The van der Waals surface area contributed by atoms with Crippen molar-refractivity contribution in [2.75, 3.05) is 13.2 Å². The number of aromatic hydroxyl groups is 1. The molecule has 0 spiro atoms. The molecule has 26 heavy (non-hydrogen) atoms. The van der Waals surface area contributed by atoms with E-state index < -0.39 is 5.60 Å². The molecule has 0 atom stereocenters. The smallest absolute Gasteiger partial charge is 0.251 e. The fraction of sp³-hybridized carbons (Fsp3) is 0.381. The van der Waals surface area contributed by atoms with Gasteiger partial charge >= 0.3 is 0 Å². The summed E-state index contributed by atoms with van der Waals surface area (Å²) in [6, 6.07) is 15.8. The van der Waals surface area contributed by atoms with E-state index in [1.807, 2.05) is 30.3 Å². The summed E-state index contributed by atoms with van der Waals surface area (Å²) in [6.07, 6.45) is 3.04. The van der Waals surface area contributed by atoms with Crippen LogP contribution in [-0.4, -0.2) is 34.9 Å². The fourth-order valence-corrected chi connectivity index (χ4v) is 3.25. The molecule has 0 aliphatic heterocycles. The first kappa shape index (κ1) is 18.3. The number of carbonyl (C=O) groups excluding carboxylic acids is 1. The Bertz CT molecular complexity index is 707. The van der Waals surface area contributed by atoms with Crippen molar-refractivity contribution in [3.63, 3.8) is 0 Å². The van der Waals surface area contributed by atoms with Crippen LogP contribution in [0.2, 0.25) is 0 Å². The van der Waals surface area contributed by atoms with Gasteiger partial charge in [-0.15, -0.1) is 0 Å². The molecule has 2 aromatic rings. The lowest BCUT2D eigenvalue weighted by atomic mass is 9.79. The predicted octanol–water partition coefficient (Wildman–Crippen LogP) is 3.12. The van der Waals surface area contributed by atoms with E-state index in [0.717, 1.165) is 18.6 Å². The Morgan fingerprint density at radius 3 is 2.38 bits per heavy atom. The summed E-state index contributed by atoms with van der Waals surface area (Å²) in [4.78, 5) is 12.1. The van der Waals surface area contributed by atoms with Gasteiger partial charge in [0.2, 0.25) is 0 Å². The maximum atomic E-state index is 12.1. The summed E-state index contributed by atoms with van der Waals surface area (Å²) >= 11 is 0. The molecule has 1 aliphatic carbocycles. The van der Waals surface area contributed by atoms with Crippen molar-refractivity contribution < 1.29 is 19.7 Å². The van der Waals surface area contributed by atoms with Crippen LogP contribution in [0.4, 0.5) is 0 Å². The second-order valence-corrected chi connectivity index (χ2v) is 7.02. The summed E-state index contributed by atoms with van der Waals surface area (Å²) in [5.74, 6) is 1.17. The molecule has 1 aliphatic rings. The summed E-state index contributed by atoms with van der Waals surface area (Å²) in [5, 5.41) is 22.8. The molecule has 138 valence electrons. The zero-order chi connectivity index (χ0) is 18.4. The Labute approximate surface area is 153 Å². The van der Waals surface area contributed by atoms with Gasteiger partial charge < -0.3 is 20.3 Å². The van der Waals surface area contributed by atoms with Crippen molar-refractivity contribution in [3.05, 3.63) is 60.2 Å². The molecule has 2 aromatic carbocycles. The second kappa shape index (κ2) is 8.23. The van der Waals surface area contributed by atoms with E-state index in [-0.39, 0.29) is 18.2 Å². The first-order valence-electron chi connectivity index (χ1n) is 9.02. The molecule has 5 nitrogen and oxygen atoms in total. The minimum Gasteiger partial charge on any atom is -0.508 e. The third kappa shape index (κ3) is 4.99. The molecule has 0 bridgehead atoms. The molecule has 0 unspecified atom stereocenters. The van der Waals surface area contributed by atoms with Crippen molar-refractivity contribution in [1.82, 2.24) is 5.32 Å². The lowest BCUT2D eigenvalue weighted by Crippen LogP contribution is -2.45. The summed E-state index contributed by atoms with van der Waals surface area (Å²) < 4.78 is 5.81. The monoisotopic (exact) mass is 355 g/mol. The second-order valence-electron chi connectivity index (χ2n) is 7.02. The third-order valence-corrected chi connectivity index (χ3v) is 4.97. The lowest BCUT2D eigenvalue weighted by molar-refractivity contribution is -0.0129. The van der Waals surface area contributed by atoms with Gasteiger partial charge in [0.15, 0.2) is 0 Å². The van der Waals surface area contributed by atoms with E-state index in [2.05, 4.69) is 5.32 Å². The van der Waals surface area contributed by atoms with Gasteiger partial charge in [-0.2, -0.15) is 0 Å². The molecule has 1 saturated carbocycles. The van der Waals surface area contributed by atoms with Gasteiger partial charge in [-0.1, -0.05) is 18.2 Å². The number of rotatable bonds is 6. The molecule has 0 radical (unpaired) electrons. The fourth-order valence-electron chi connectivity index (χ4n) is 3.25. The Hall–Kier alpha value is -2.53. The predicted molar refractivity (Wildman–Crippen MR) is 99.3 cm³/mol. The average molecular weight is 355 g/mol. The first-order chi connectivity index (χ1) is 12.5. The van der Waals surface area contributed by atoms with Crippen LogP contribution in [0.5, 0.6) is 11.5 Å². The van der Waals surface area contributed by atoms with Crippen LogP contribution in [0, 0.1) is 5.92 Å². The van der Waals surface area contributed by atoms with Crippen LogP contribution < -0.4 is 10.1 Å². The van der Waals surface area contributed by atoms with E-state index in [0.29, 0.717) is 30.9 Å². The molecule has 3 rings (SSSR count). The van der Waals surface area contributed by atoms with Crippen LogP contribution in [0.1, 0.15) is 36.0 Å². The summed E-state index contributed by atoms with van der Waals surface area (Å²) in [7, 11) is 0. The largest absolute Gasteiger partial charge is 0.508 e. The molecular formula is C21H25NO4. The van der Waals surface area contributed by atoms with Crippen LogP contribution in [0.3, 0.4) is 0 Å². The number of aliphatic hydroxyl groups is 1. The summed E-state index contributed by atoms with van der Waals surface area (Å²) in [5.41, 5.74) is -0.396. The highest BCUT2D eigenvalue weighted by Gasteiger charge is 2.33. The topological polar surface area (TPSA) is 78.8 Å². The van der Waals surface area contributed by atoms with E-state index in [1.165, 1.54) is 12.1 Å². The van der Waals surface area contributed by atoms with Gasteiger partial charge in [0.1, 0.15) is 11.5 Å². The summed E-state index contributed by atoms with van der Waals surface area (Å²) in [6.45, 7) is 0.888. The van der Waals surface area contributed by atoms with Crippen LogP contribution >= 0.6 is 0 Å². The highest BCUT2D eigenvalue weighted by Crippen LogP contribution is 2.32. The highest BCUT2D eigenvalue weighted by molar-refractivity contribution is 5.94. The van der Waals surface area contributed by atoms with Gasteiger partial charge in [0, 0.05) is 12.1 Å². The maximum Gasteiger partial charge on any atom is 0.251 e. The van der Waals surface area contributed by atoms with E-state index >= 15 is 0 Å². The number of phenolic OH excluding ortho intramolecular Hbond substituents is 1. The minimum absolute atomic E-state index is 0.122. The SMILES string of the molecule is O=C(NC[C@]1(O)CC[C@H](COc2ccccc2)CC1)c1ccc(O)cc1. The number of nitrogens with one attached hydrogen (secondary N) is 1. The van der Waals surface area contributed by atoms with Crippen LogP contribution in [0.25, 0.3) is 0 Å². The zero-order valence-corrected chi connectivity index (χ0v) is 14.7. The van der Waals surface area contributed by atoms with Gasteiger partial charge in [0.25, 0.3) is 5.91 Å². The van der Waals surface area contributed by atoms with Crippen molar-refractivity contribution in [1.29, 1.82) is 0 Å². The van der Waals surface area contributed by atoms with Gasteiger partial charge in [-0.3, -0.25) is 4.79 Å². The van der Waals surface area contributed by atoms with Crippen molar-refractivity contribution in [2.45, 2.75) is 31.3 Å². The molecule has 1 fully saturated rings. The average Bonchev–Trinajstić information content (AvgIpc) is 2.67. The van der Waals surface area contributed by atoms with Gasteiger partial charge in [0.05, 0.1) is 12.2 Å². The van der Waals surface area contributed by atoms with Crippen molar-refractivity contribution in [3.8, 4) is 11.5 Å². The minimum atomic E-state index is -0.865. The van der Waals surface area contributed by atoms with E-state index in [4.69, 9.17) is 4.74 Å². The third-order valence-electron chi connectivity index (χ3n) is 4.97. The lowest BCUT2D eigenvalue weighted by Gasteiger charge is -2.36. The molecule has 0 aromatic heterocycles. The number of hydrogen-bond donors (Lipinski definition) is 3. The first-order valence-corrected chi connectivity index (χ1v) is 9.02. The number of ether oxygens (including phenoxy) is 1. The molecule has 0 heterocycles. The normalized spacial score (nSPS) is 22.6. The van der Waals surface area contributed by atoms with Crippen LogP contribution in [-0.2, 0) is 0 Å². The Kier molecular flexibility index (Phi) is 5.78. The zero-order valence-electron chi connectivity index (χ0n) is 14.7. The van der Waals surface area contributed by atoms with Gasteiger partial charge in [-0.05, 0) is 68.0 Å². The Balaban J connectivity index is 1.42. The Morgan fingerprint density at radius 2 is 1.73 bits per heavy atom. The van der Waals surface area contributed by atoms with Gasteiger partial charge in [-0.25, -0.2) is 0 Å². The molecule has 1 amide bonds. The van der Waals surface area contributed by atoms with Crippen molar-refractivity contribution >= 4 is 5.91 Å². The molecule has 3 N–H and O–H groups in total. The number of carbonyl (C=O) groups is 1. The molecule has 0 saturated heterocycles. The molecular weight excluding hydrogens is 330 g/mol. The van der Waals surface area contributed by atoms with E-state index in [9.17, 15) is 15.0 Å². The maximum absolute atomic E-state index is 12.1. The molecule has 5 heteroatoms. The number of para-hydroxylation sites is 1. The highest BCUT2D eigenvalue weighted by atomic mass is 16.5. The van der Waals surface area contributed by atoms with Crippen molar-refractivity contribution in [2.24, 2.45) is 5.92 Å². The number of benzene rings is 2. The standard InChI is InChI=1S/C21H25NO4/c23-18-8-6-17(7-9-18)20(24)22-15-21(25)12-10-16(11-13-21)14-26-19-4-2-1-3-5-19/h1-9,16,23,25H,10-15H2,(H,22,24)/t16-,21-.